The number of ether oxygens (including phenoxy) is 4. The van der Waals surface area contributed by atoms with E-state index in [4.69, 9.17) is 14.2 Å². The van der Waals surface area contributed by atoms with Crippen LogP contribution in [-0.4, -0.2) is 62.2 Å². The minimum Gasteiger partial charge on any atom is -0.431 e. The van der Waals surface area contributed by atoms with Gasteiger partial charge in [-0.05, 0) is 18.9 Å². The van der Waals surface area contributed by atoms with Crippen LogP contribution in [-0.2, 0) is 9.47 Å². The van der Waals surface area contributed by atoms with E-state index in [1.165, 1.54) is 0 Å². The third-order valence-corrected chi connectivity index (χ3v) is 5.64. The number of carbonyl (C=O) groups excluding carboxylic acids is 1. The summed E-state index contributed by atoms with van der Waals surface area (Å²) in [7, 11) is 0. The summed E-state index contributed by atoms with van der Waals surface area (Å²) in [4.78, 5) is 28.7. The Kier molecular flexibility index (Phi) is 5.33. The SMILES string of the molecule is O=C(Oc1c[nH]c2c(OC(F)F)c(N3CC4NCCOC4C3)c(F)cc2c1=O)OC1CC1. The predicted molar refractivity (Wildman–Crippen MR) is 105 cm³/mol. The van der Waals surface area contributed by atoms with Crippen LogP contribution in [0.5, 0.6) is 11.5 Å². The Morgan fingerprint density at radius 1 is 1.28 bits per heavy atom. The molecule has 1 aromatic heterocycles. The van der Waals surface area contributed by atoms with E-state index in [2.05, 4.69) is 15.0 Å². The van der Waals surface area contributed by atoms with Gasteiger partial charge >= 0.3 is 12.8 Å². The van der Waals surface area contributed by atoms with Gasteiger partial charge in [-0.15, -0.1) is 0 Å². The number of rotatable bonds is 5. The Hall–Kier alpha value is -2.99. The predicted octanol–water partition coefficient (Wildman–Crippen LogP) is 2.12. The van der Waals surface area contributed by atoms with E-state index >= 15 is 4.39 Å². The highest BCUT2D eigenvalue weighted by atomic mass is 19.3. The lowest BCUT2D eigenvalue weighted by Crippen LogP contribution is -2.47. The molecule has 0 bridgehead atoms. The average molecular weight is 455 g/mol. The van der Waals surface area contributed by atoms with Gasteiger partial charge in [0, 0.05) is 25.8 Å². The van der Waals surface area contributed by atoms with E-state index in [0.29, 0.717) is 32.5 Å². The molecule has 1 aromatic carbocycles. The summed E-state index contributed by atoms with van der Waals surface area (Å²) in [5, 5.41) is 2.95. The molecule has 0 radical (unpaired) electrons. The summed E-state index contributed by atoms with van der Waals surface area (Å²) in [6.07, 6.45) is 0.925. The van der Waals surface area contributed by atoms with Crippen LogP contribution in [0.4, 0.5) is 23.7 Å². The van der Waals surface area contributed by atoms with Crippen molar-refractivity contribution in [3.63, 3.8) is 0 Å². The molecule has 2 unspecified atom stereocenters. The monoisotopic (exact) mass is 455 g/mol. The van der Waals surface area contributed by atoms with Crippen molar-refractivity contribution in [3.8, 4) is 11.5 Å². The Morgan fingerprint density at radius 2 is 2.09 bits per heavy atom. The lowest BCUT2D eigenvalue weighted by atomic mass is 10.1. The number of nitrogens with zero attached hydrogens (tertiary/aromatic N) is 1. The third kappa shape index (κ3) is 3.95. The summed E-state index contributed by atoms with van der Waals surface area (Å²) >= 11 is 0. The number of hydrogen-bond donors (Lipinski definition) is 2. The molecule has 5 rings (SSSR count). The second-order valence-electron chi connectivity index (χ2n) is 7.86. The zero-order valence-corrected chi connectivity index (χ0v) is 16.7. The van der Waals surface area contributed by atoms with E-state index in [9.17, 15) is 18.4 Å². The molecule has 172 valence electrons. The van der Waals surface area contributed by atoms with Gasteiger partial charge in [0.15, 0.2) is 17.3 Å². The maximum atomic E-state index is 15.2. The number of aromatic nitrogens is 1. The molecule has 1 aliphatic carbocycles. The van der Waals surface area contributed by atoms with Gasteiger partial charge in [0.1, 0.15) is 11.8 Å². The minimum absolute atomic E-state index is 0.0921. The fraction of sp³-hybridized carbons (Fsp3) is 0.500. The highest BCUT2D eigenvalue weighted by molar-refractivity contribution is 5.92. The number of pyridine rings is 1. The summed E-state index contributed by atoms with van der Waals surface area (Å²) in [5.74, 6) is -1.86. The normalized spacial score (nSPS) is 22.8. The molecular weight excluding hydrogens is 435 g/mol. The second kappa shape index (κ2) is 8.17. The van der Waals surface area contributed by atoms with Crippen molar-refractivity contribution < 1.29 is 36.9 Å². The Labute approximate surface area is 179 Å². The van der Waals surface area contributed by atoms with E-state index in [0.717, 1.165) is 12.3 Å². The number of fused-ring (bicyclic) bond motifs is 2. The molecule has 0 amide bonds. The van der Waals surface area contributed by atoms with Crippen molar-refractivity contribution >= 4 is 22.7 Å². The zero-order chi connectivity index (χ0) is 22.4. The molecule has 1 saturated carbocycles. The lowest BCUT2D eigenvalue weighted by Gasteiger charge is -2.25. The van der Waals surface area contributed by atoms with Gasteiger partial charge in [-0.2, -0.15) is 8.78 Å². The summed E-state index contributed by atoms with van der Waals surface area (Å²) < 4.78 is 61.9. The third-order valence-electron chi connectivity index (χ3n) is 5.64. The van der Waals surface area contributed by atoms with E-state index in [1.807, 2.05) is 0 Å². The van der Waals surface area contributed by atoms with E-state index in [-0.39, 0.29) is 41.4 Å². The fourth-order valence-corrected chi connectivity index (χ4v) is 4.06. The molecule has 3 heterocycles. The van der Waals surface area contributed by atoms with Crippen LogP contribution < -0.4 is 25.1 Å². The minimum atomic E-state index is -3.26. The van der Waals surface area contributed by atoms with Crippen molar-refractivity contribution in [2.45, 2.75) is 37.7 Å². The molecule has 32 heavy (non-hydrogen) atoms. The molecule has 2 saturated heterocycles. The van der Waals surface area contributed by atoms with Gasteiger partial charge in [-0.25, -0.2) is 9.18 Å². The topological polar surface area (TPSA) is 102 Å². The van der Waals surface area contributed by atoms with Crippen molar-refractivity contribution in [2.24, 2.45) is 0 Å². The van der Waals surface area contributed by atoms with Gasteiger partial charge in [0.25, 0.3) is 0 Å². The van der Waals surface area contributed by atoms with Crippen LogP contribution in [0.25, 0.3) is 10.9 Å². The first-order valence-electron chi connectivity index (χ1n) is 10.2. The van der Waals surface area contributed by atoms with Crippen LogP contribution >= 0.6 is 0 Å². The molecule has 2 aliphatic heterocycles. The van der Waals surface area contributed by atoms with Crippen molar-refractivity contribution in [1.29, 1.82) is 0 Å². The number of nitrogens with one attached hydrogen (secondary N) is 2. The van der Waals surface area contributed by atoms with Crippen molar-refractivity contribution in [3.05, 3.63) is 28.3 Å². The molecule has 2 aromatic rings. The van der Waals surface area contributed by atoms with E-state index in [1.54, 1.807) is 4.90 Å². The maximum Gasteiger partial charge on any atom is 0.514 e. The number of alkyl halides is 2. The van der Waals surface area contributed by atoms with Gasteiger partial charge in [0.2, 0.25) is 5.43 Å². The smallest absolute Gasteiger partial charge is 0.431 e. The summed E-state index contributed by atoms with van der Waals surface area (Å²) in [6.45, 7) is -1.56. The molecule has 12 heteroatoms. The first kappa shape index (κ1) is 20.9. The number of anilines is 1. The number of benzene rings is 1. The van der Waals surface area contributed by atoms with Crippen LogP contribution in [0.2, 0.25) is 0 Å². The van der Waals surface area contributed by atoms with Crippen molar-refractivity contribution in [1.82, 2.24) is 10.3 Å². The number of carbonyl (C=O) groups is 1. The standard InChI is InChI=1S/C20H20F3N3O6/c21-11-5-10-15(25-6-13(17(10)27)31-20(28)30-9-1-2-9)18(32-19(22)23)16(11)26-7-12-14(8-26)29-4-3-24-12/h5-6,9,12,14,19,24H,1-4,7-8H2,(H,25,27). The lowest BCUT2D eigenvalue weighted by molar-refractivity contribution is -0.0487. The van der Waals surface area contributed by atoms with Crippen LogP contribution in [0.3, 0.4) is 0 Å². The average Bonchev–Trinajstić information content (AvgIpc) is 3.45. The number of hydrogen-bond acceptors (Lipinski definition) is 8. The largest absolute Gasteiger partial charge is 0.514 e. The van der Waals surface area contributed by atoms with Gasteiger partial charge in [-0.1, -0.05) is 0 Å². The quantitative estimate of drug-likeness (QED) is 0.662. The molecule has 0 spiro atoms. The molecule has 3 aliphatic rings. The van der Waals surface area contributed by atoms with Gasteiger partial charge < -0.3 is 34.1 Å². The number of H-pyrrole nitrogens is 1. The van der Waals surface area contributed by atoms with Gasteiger partial charge in [0.05, 0.1) is 29.7 Å². The molecular formula is C20H20F3N3O6. The summed E-state index contributed by atoms with van der Waals surface area (Å²) in [6, 6.07) is 0.822. The fourth-order valence-electron chi connectivity index (χ4n) is 4.06. The molecule has 2 N–H and O–H groups in total. The van der Waals surface area contributed by atoms with Gasteiger partial charge in [-0.3, -0.25) is 4.79 Å². The molecule has 3 fully saturated rings. The Balaban J connectivity index is 1.54. The number of aromatic amines is 1. The Morgan fingerprint density at radius 3 is 2.81 bits per heavy atom. The molecule has 2 atom stereocenters. The summed E-state index contributed by atoms with van der Waals surface area (Å²) in [5.41, 5.74) is -1.20. The van der Waals surface area contributed by atoms with Crippen LogP contribution in [0, 0.1) is 5.82 Å². The zero-order valence-electron chi connectivity index (χ0n) is 16.7. The number of halogens is 3. The van der Waals surface area contributed by atoms with Crippen LogP contribution in [0.1, 0.15) is 12.8 Å². The first-order valence-corrected chi connectivity index (χ1v) is 10.2. The highest BCUT2D eigenvalue weighted by Crippen LogP contribution is 2.40. The van der Waals surface area contributed by atoms with Crippen LogP contribution in [0.15, 0.2) is 17.1 Å². The van der Waals surface area contributed by atoms with Crippen molar-refractivity contribution in [2.75, 3.05) is 31.1 Å². The highest BCUT2D eigenvalue weighted by Gasteiger charge is 2.38. The first-order chi connectivity index (χ1) is 15.4. The Bertz CT molecular complexity index is 1090. The van der Waals surface area contributed by atoms with E-state index < -0.39 is 35.5 Å². The maximum absolute atomic E-state index is 15.2. The molecule has 9 nitrogen and oxygen atoms in total. The second-order valence-corrected chi connectivity index (χ2v) is 7.86. The number of morpholine rings is 1.